The molecule has 1 fully saturated rings. The van der Waals surface area contributed by atoms with E-state index in [4.69, 9.17) is 13.9 Å². The summed E-state index contributed by atoms with van der Waals surface area (Å²) in [5.41, 5.74) is 2.28. The lowest BCUT2D eigenvalue weighted by Crippen LogP contribution is -2.39. The Hall–Kier alpha value is -3.22. The fraction of sp³-hybridized carbons (Fsp3) is 0.391. The van der Waals surface area contributed by atoms with E-state index >= 15 is 0 Å². The molecule has 2 aromatic carbocycles. The summed E-state index contributed by atoms with van der Waals surface area (Å²) >= 11 is 0. The lowest BCUT2D eigenvalue weighted by Gasteiger charge is -2.29. The fourth-order valence-electron chi connectivity index (χ4n) is 4.45. The normalized spacial score (nSPS) is 15.7. The standard InChI is InChI=1S/C23H24N2O5/c26-22(11-12-24-18-7-3-4-8-19(18)30-23(24)27)25(17-5-1-2-6-17)14-16-9-10-20-21(13-16)29-15-28-20/h3-4,7-10,13,17H,1-2,5-6,11-12,14-15H2. The third-order valence-electron chi connectivity index (χ3n) is 6.00. The van der Waals surface area contributed by atoms with Crippen LogP contribution in [0.3, 0.4) is 0 Å². The topological polar surface area (TPSA) is 73.9 Å². The first-order chi connectivity index (χ1) is 14.7. The second-order valence-corrected chi connectivity index (χ2v) is 7.88. The fourth-order valence-corrected chi connectivity index (χ4v) is 4.45. The van der Waals surface area contributed by atoms with E-state index in [1.165, 1.54) is 0 Å². The van der Waals surface area contributed by atoms with E-state index in [2.05, 4.69) is 0 Å². The maximum atomic E-state index is 13.2. The minimum absolute atomic E-state index is 0.0525. The Morgan fingerprint density at radius 2 is 1.87 bits per heavy atom. The van der Waals surface area contributed by atoms with Gasteiger partial charge < -0.3 is 18.8 Å². The number of oxazole rings is 1. The van der Waals surface area contributed by atoms with Gasteiger partial charge in [-0.3, -0.25) is 9.36 Å². The monoisotopic (exact) mass is 408 g/mol. The van der Waals surface area contributed by atoms with Gasteiger partial charge in [0, 0.05) is 25.6 Å². The number of nitrogens with zero attached hydrogens (tertiary/aromatic N) is 2. The highest BCUT2D eigenvalue weighted by Crippen LogP contribution is 2.34. The number of hydrogen-bond acceptors (Lipinski definition) is 5. The molecular formula is C23H24N2O5. The first-order valence-corrected chi connectivity index (χ1v) is 10.5. The zero-order valence-corrected chi connectivity index (χ0v) is 16.7. The molecule has 0 atom stereocenters. The molecular weight excluding hydrogens is 384 g/mol. The molecule has 1 aliphatic carbocycles. The highest BCUT2D eigenvalue weighted by atomic mass is 16.7. The molecule has 1 amide bonds. The van der Waals surface area contributed by atoms with E-state index in [0.717, 1.165) is 48.3 Å². The van der Waals surface area contributed by atoms with Gasteiger partial charge in [-0.1, -0.05) is 31.0 Å². The van der Waals surface area contributed by atoms with Crippen molar-refractivity contribution in [3.8, 4) is 11.5 Å². The Bertz CT molecular complexity index is 1130. The van der Waals surface area contributed by atoms with Gasteiger partial charge in [0.25, 0.3) is 0 Å². The van der Waals surface area contributed by atoms with Crippen molar-refractivity contribution in [3.05, 3.63) is 58.6 Å². The summed E-state index contributed by atoms with van der Waals surface area (Å²) in [6.45, 7) is 1.07. The maximum absolute atomic E-state index is 13.2. The number of fused-ring (bicyclic) bond motifs is 2. The van der Waals surface area contributed by atoms with E-state index in [1.807, 2.05) is 41.3 Å². The molecule has 0 bridgehead atoms. The van der Waals surface area contributed by atoms with Crippen LogP contribution < -0.4 is 15.2 Å². The third-order valence-corrected chi connectivity index (χ3v) is 6.00. The largest absolute Gasteiger partial charge is 0.454 e. The average molecular weight is 408 g/mol. The van der Waals surface area contributed by atoms with Gasteiger partial charge in [0.05, 0.1) is 5.52 Å². The first-order valence-electron chi connectivity index (χ1n) is 10.5. The summed E-state index contributed by atoms with van der Waals surface area (Å²) in [6.07, 6.45) is 4.57. The van der Waals surface area contributed by atoms with Crippen molar-refractivity contribution < 1.29 is 18.7 Å². The second-order valence-electron chi connectivity index (χ2n) is 7.88. The number of rotatable bonds is 6. The summed E-state index contributed by atoms with van der Waals surface area (Å²) in [7, 11) is 0. The first kappa shape index (κ1) is 18.8. The van der Waals surface area contributed by atoms with Crippen molar-refractivity contribution in [1.82, 2.24) is 9.47 Å². The maximum Gasteiger partial charge on any atom is 0.419 e. The minimum atomic E-state index is -0.424. The Balaban J connectivity index is 1.34. The van der Waals surface area contributed by atoms with Crippen LogP contribution in [0, 0.1) is 0 Å². The van der Waals surface area contributed by atoms with Gasteiger partial charge in [-0.15, -0.1) is 0 Å². The predicted octanol–water partition coefficient (Wildman–Crippen LogP) is 3.68. The number of carbonyl (C=O) groups is 1. The number of carbonyl (C=O) groups excluding carboxylic acids is 1. The SMILES string of the molecule is O=C(CCn1c(=O)oc2ccccc21)N(Cc1ccc2c(c1)OCO2)C1CCCC1. The number of amides is 1. The molecule has 156 valence electrons. The highest BCUT2D eigenvalue weighted by Gasteiger charge is 2.27. The molecule has 0 unspecified atom stereocenters. The lowest BCUT2D eigenvalue weighted by molar-refractivity contribution is -0.134. The summed E-state index contributed by atoms with van der Waals surface area (Å²) < 4.78 is 17.7. The van der Waals surface area contributed by atoms with Crippen LogP contribution in [0.15, 0.2) is 51.7 Å². The molecule has 0 saturated heterocycles. The summed E-state index contributed by atoms with van der Waals surface area (Å²) in [6, 6.07) is 13.4. The van der Waals surface area contributed by atoms with E-state index in [1.54, 1.807) is 10.6 Å². The van der Waals surface area contributed by atoms with Gasteiger partial charge in [-0.05, 0) is 42.7 Å². The van der Waals surface area contributed by atoms with Gasteiger partial charge in [0.1, 0.15) is 0 Å². The second kappa shape index (κ2) is 7.89. The van der Waals surface area contributed by atoms with E-state index in [9.17, 15) is 9.59 Å². The van der Waals surface area contributed by atoms with Crippen LogP contribution >= 0.6 is 0 Å². The predicted molar refractivity (Wildman–Crippen MR) is 110 cm³/mol. The van der Waals surface area contributed by atoms with Crippen molar-refractivity contribution in [2.45, 2.75) is 51.2 Å². The molecule has 5 rings (SSSR count). The summed E-state index contributed by atoms with van der Waals surface area (Å²) in [5, 5.41) is 0. The molecule has 1 aromatic heterocycles. The van der Waals surface area contributed by atoms with E-state index in [-0.39, 0.29) is 25.2 Å². The molecule has 2 heterocycles. The van der Waals surface area contributed by atoms with Crippen molar-refractivity contribution in [2.75, 3.05) is 6.79 Å². The van der Waals surface area contributed by atoms with Crippen molar-refractivity contribution in [3.63, 3.8) is 0 Å². The molecule has 1 aliphatic heterocycles. The molecule has 0 spiro atoms. The van der Waals surface area contributed by atoms with E-state index in [0.29, 0.717) is 18.7 Å². The van der Waals surface area contributed by atoms with Crippen molar-refractivity contribution >= 4 is 17.0 Å². The van der Waals surface area contributed by atoms with Gasteiger partial charge in [0.15, 0.2) is 17.1 Å². The summed E-state index contributed by atoms with van der Waals surface area (Å²) in [5.74, 6) is 1.09. The van der Waals surface area contributed by atoms with Crippen LogP contribution in [0.1, 0.15) is 37.7 Å². The number of aromatic nitrogens is 1. The molecule has 7 nitrogen and oxygen atoms in total. The van der Waals surface area contributed by atoms with Crippen LogP contribution in [0.5, 0.6) is 11.5 Å². The zero-order valence-electron chi connectivity index (χ0n) is 16.7. The molecule has 0 radical (unpaired) electrons. The van der Waals surface area contributed by atoms with Crippen LogP contribution in [-0.2, 0) is 17.9 Å². The minimum Gasteiger partial charge on any atom is -0.454 e. The van der Waals surface area contributed by atoms with E-state index < -0.39 is 5.76 Å². The highest BCUT2D eigenvalue weighted by molar-refractivity contribution is 5.77. The molecule has 1 saturated carbocycles. The van der Waals surface area contributed by atoms with Gasteiger partial charge >= 0.3 is 5.76 Å². The quantitative estimate of drug-likeness (QED) is 0.622. The Labute approximate surface area is 173 Å². The van der Waals surface area contributed by atoms with Crippen molar-refractivity contribution in [2.24, 2.45) is 0 Å². The van der Waals surface area contributed by atoms with Crippen LogP contribution in [-0.4, -0.2) is 28.2 Å². The summed E-state index contributed by atoms with van der Waals surface area (Å²) in [4.78, 5) is 27.4. The zero-order chi connectivity index (χ0) is 20.5. The van der Waals surface area contributed by atoms with Crippen LogP contribution in [0.2, 0.25) is 0 Å². The van der Waals surface area contributed by atoms with Gasteiger partial charge in [-0.25, -0.2) is 4.79 Å². The van der Waals surface area contributed by atoms with Gasteiger partial charge in [0.2, 0.25) is 12.7 Å². The molecule has 2 aliphatic rings. The third kappa shape index (κ3) is 3.56. The van der Waals surface area contributed by atoms with Crippen LogP contribution in [0.25, 0.3) is 11.1 Å². The average Bonchev–Trinajstić information content (AvgIpc) is 3.49. The number of para-hydroxylation sites is 2. The molecule has 7 heteroatoms. The Morgan fingerprint density at radius 1 is 1.07 bits per heavy atom. The number of aryl methyl sites for hydroxylation is 1. The number of hydrogen-bond donors (Lipinski definition) is 0. The van der Waals surface area contributed by atoms with Gasteiger partial charge in [-0.2, -0.15) is 0 Å². The molecule has 0 N–H and O–H groups in total. The lowest BCUT2D eigenvalue weighted by atomic mass is 10.1. The van der Waals surface area contributed by atoms with Crippen molar-refractivity contribution in [1.29, 1.82) is 0 Å². The smallest absolute Gasteiger partial charge is 0.419 e. The number of benzene rings is 2. The van der Waals surface area contributed by atoms with Crippen LogP contribution in [0.4, 0.5) is 0 Å². The molecule has 3 aromatic rings. The Morgan fingerprint density at radius 3 is 2.73 bits per heavy atom. The Kier molecular flexibility index (Phi) is 4.94. The molecule has 30 heavy (non-hydrogen) atoms. The number of ether oxygens (including phenoxy) is 2.